The Kier molecular flexibility index (Phi) is 2.86. The molecule has 0 fully saturated rings. The Morgan fingerprint density at radius 1 is 1.07 bits per heavy atom. The number of allylic oxidation sites excluding steroid dienone is 1. The molecule has 2 aromatic rings. The molecule has 0 atom stereocenters. The zero-order valence-electron chi connectivity index (χ0n) is 9.16. The molecule has 0 nitrogen and oxygen atoms in total. The van der Waals surface area contributed by atoms with Gasteiger partial charge < -0.3 is 0 Å². The summed E-state index contributed by atoms with van der Waals surface area (Å²) in [7, 11) is 0. The molecule has 15 heavy (non-hydrogen) atoms. The Morgan fingerprint density at radius 3 is 2.53 bits per heavy atom. The first-order chi connectivity index (χ1) is 7.25. The summed E-state index contributed by atoms with van der Waals surface area (Å²) in [6.45, 7) is 6.02. The second-order valence-corrected chi connectivity index (χ2v) is 4.14. The second-order valence-electron chi connectivity index (χ2n) is 4.14. The minimum atomic E-state index is 1.08. The van der Waals surface area contributed by atoms with Crippen molar-refractivity contribution in [3.05, 3.63) is 60.2 Å². The van der Waals surface area contributed by atoms with E-state index < -0.39 is 0 Å². The fraction of sp³-hybridized carbons (Fsp3) is 0.200. The summed E-state index contributed by atoms with van der Waals surface area (Å²) in [6, 6.07) is 15.2. The second kappa shape index (κ2) is 4.31. The predicted molar refractivity (Wildman–Crippen MR) is 67.1 cm³/mol. The molecule has 0 aromatic heterocycles. The van der Waals surface area contributed by atoms with Crippen molar-refractivity contribution < 1.29 is 0 Å². The van der Waals surface area contributed by atoms with Crippen LogP contribution in [0.15, 0.2) is 54.6 Å². The quantitative estimate of drug-likeness (QED) is 0.640. The number of rotatable bonds is 3. The first-order valence-corrected chi connectivity index (χ1v) is 5.38. The fourth-order valence-corrected chi connectivity index (χ4v) is 1.75. The molecule has 0 amide bonds. The number of hydrogen-bond acceptors (Lipinski definition) is 0. The normalized spacial score (nSPS) is 10.5. The van der Waals surface area contributed by atoms with Crippen LogP contribution in [0.1, 0.15) is 18.9 Å². The maximum atomic E-state index is 3.93. The fourth-order valence-electron chi connectivity index (χ4n) is 1.75. The van der Waals surface area contributed by atoms with Gasteiger partial charge in [0.2, 0.25) is 0 Å². The van der Waals surface area contributed by atoms with Crippen molar-refractivity contribution >= 4 is 10.8 Å². The average molecular weight is 196 g/mol. The van der Waals surface area contributed by atoms with Gasteiger partial charge in [-0.3, -0.25) is 0 Å². The number of fused-ring (bicyclic) bond motifs is 1. The molecule has 0 N–H and O–H groups in total. The SMILES string of the molecule is C=C(C)CCc1ccc2ccccc2c1. The third-order valence-corrected chi connectivity index (χ3v) is 2.65. The highest BCUT2D eigenvalue weighted by Gasteiger charge is 1.96. The summed E-state index contributed by atoms with van der Waals surface area (Å²) in [6.07, 6.45) is 2.18. The van der Waals surface area contributed by atoms with Gasteiger partial charge in [-0.15, -0.1) is 6.58 Å². The van der Waals surface area contributed by atoms with Gasteiger partial charge in [-0.25, -0.2) is 0 Å². The molecule has 0 bridgehead atoms. The van der Waals surface area contributed by atoms with Crippen LogP contribution in [0, 0.1) is 0 Å². The summed E-state index contributed by atoms with van der Waals surface area (Å²) in [5, 5.41) is 2.65. The predicted octanol–water partition coefficient (Wildman–Crippen LogP) is 4.35. The molecule has 0 saturated heterocycles. The highest BCUT2D eigenvalue weighted by atomic mass is 14.0. The molecule has 76 valence electrons. The van der Waals surface area contributed by atoms with Crippen molar-refractivity contribution in [1.29, 1.82) is 0 Å². The van der Waals surface area contributed by atoms with Gasteiger partial charge in [0, 0.05) is 0 Å². The van der Waals surface area contributed by atoms with Gasteiger partial charge in [0.05, 0.1) is 0 Å². The molecular formula is C15H16. The standard InChI is InChI=1S/C15H16/c1-12(2)7-8-13-9-10-14-5-3-4-6-15(14)11-13/h3-6,9-11H,1,7-8H2,2H3. The summed E-state index contributed by atoms with van der Waals surface area (Å²) >= 11 is 0. The molecule has 0 saturated carbocycles. The van der Waals surface area contributed by atoms with Crippen LogP contribution in [0.25, 0.3) is 10.8 Å². The van der Waals surface area contributed by atoms with Gasteiger partial charge >= 0.3 is 0 Å². The average Bonchev–Trinajstić information content (AvgIpc) is 2.26. The molecule has 0 radical (unpaired) electrons. The zero-order chi connectivity index (χ0) is 10.7. The first-order valence-electron chi connectivity index (χ1n) is 5.38. The van der Waals surface area contributed by atoms with Crippen molar-refractivity contribution in [2.45, 2.75) is 19.8 Å². The number of hydrogen-bond donors (Lipinski definition) is 0. The lowest BCUT2D eigenvalue weighted by Gasteiger charge is -2.03. The number of aryl methyl sites for hydroxylation is 1. The molecule has 0 aliphatic carbocycles. The van der Waals surface area contributed by atoms with Crippen LogP contribution in [0.4, 0.5) is 0 Å². The van der Waals surface area contributed by atoms with Gasteiger partial charge in [0.1, 0.15) is 0 Å². The molecule has 2 rings (SSSR count). The van der Waals surface area contributed by atoms with Crippen molar-refractivity contribution in [3.8, 4) is 0 Å². The third kappa shape index (κ3) is 2.47. The summed E-state index contributed by atoms with van der Waals surface area (Å²) in [4.78, 5) is 0. The molecule has 0 spiro atoms. The summed E-state index contributed by atoms with van der Waals surface area (Å²) in [5.74, 6) is 0. The van der Waals surface area contributed by atoms with E-state index in [0.717, 1.165) is 12.8 Å². The smallest absolute Gasteiger partial charge is 0.0181 e. The highest BCUT2D eigenvalue weighted by Crippen LogP contribution is 2.17. The van der Waals surface area contributed by atoms with Gasteiger partial charge in [0.15, 0.2) is 0 Å². The van der Waals surface area contributed by atoms with Gasteiger partial charge in [-0.1, -0.05) is 48.0 Å². The van der Waals surface area contributed by atoms with Crippen molar-refractivity contribution in [2.75, 3.05) is 0 Å². The van der Waals surface area contributed by atoms with E-state index >= 15 is 0 Å². The molecule has 0 aliphatic rings. The number of benzene rings is 2. The summed E-state index contributed by atoms with van der Waals surface area (Å²) in [5.41, 5.74) is 2.65. The van der Waals surface area contributed by atoms with Crippen LogP contribution in [0.3, 0.4) is 0 Å². The molecular weight excluding hydrogens is 180 g/mol. The van der Waals surface area contributed by atoms with E-state index in [0.29, 0.717) is 0 Å². The summed E-state index contributed by atoms with van der Waals surface area (Å²) < 4.78 is 0. The van der Waals surface area contributed by atoms with Crippen LogP contribution < -0.4 is 0 Å². The van der Waals surface area contributed by atoms with Crippen LogP contribution >= 0.6 is 0 Å². The van der Waals surface area contributed by atoms with Crippen LogP contribution in [0.5, 0.6) is 0 Å². The van der Waals surface area contributed by atoms with Gasteiger partial charge in [0.25, 0.3) is 0 Å². The molecule has 2 aromatic carbocycles. The molecule has 0 heteroatoms. The zero-order valence-corrected chi connectivity index (χ0v) is 9.16. The first kappa shape index (κ1) is 9.97. The van der Waals surface area contributed by atoms with Crippen LogP contribution in [-0.4, -0.2) is 0 Å². The lowest BCUT2D eigenvalue weighted by Crippen LogP contribution is -1.85. The van der Waals surface area contributed by atoms with E-state index in [9.17, 15) is 0 Å². The Morgan fingerprint density at radius 2 is 1.80 bits per heavy atom. The molecule has 0 heterocycles. The molecule has 0 unspecified atom stereocenters. The van der Waals surface area contributed by atoms with E-state index in [1.807, 2.05) is 0 Å². The monoisotopic (exact) mass is 196 g/mol. The lowest BCUT2D eigenvalue weighted by atomic mass is 10.0. The third-order valence-electron chi connectivity index (χ3n) is 2.65. The van der Waals surface area contributed by atoms with Crippen molar-refractivity contribution in [1.82, 2.24) is 0 Å². The topological polar surface area (TPSA) is 0 Å². The van der Waals surface area contributed by atoms with Gasteiger partial charge in [-0.2, -0.15) is 0 Å². The molecule has 0 aliphatic heterocycles. The highest BCUT2D eigenvalue weighted by molar-refractivity contribution is 5.82. The van der Waals surface area contributed by atoms with Crippen molar-refractivity contribution in [2.24, 2.45) is 0 Å². The Labute approximate surface area is 91.2 Å². The van der Waals surface area contributed by atoms with Crippen LogP contribution in [0.2, 0.25) is 0 Å². The minimum Gasteiger partial charge on any atom is -0.100 e. The Bertz CT molecular complexity index is 480. The van der Waals surface area contributed by atoms with E-state index in [2.05, 4.69) is 56.0 Å². The van der Waals surface area contributed by atoms with Gasteiger partial charge in [-0.05, 0) is 36.1 Å². The maximum absolute atomic E-state index is 3.93. The van der Waals surface area contributed by atoms with E-state index in [1.165, 1.54) is 21.9 Å². The Balaban J connectivity index is 2.26. The van der Waals surface area contributed by atoms with E-state index in [4.69, 9.17) is 0 Å². The maximum Gasteiger partial charge on any atom is -0.0181 e. The Hall–Kier alpha value is -1.56. The van der Waals surface area contributed by atoms with Crippen molar-refractivity contribution in [3.63, 3.8) is 0 Å². The largest absolute Gasteiger partial charge is 0.100 e. The lowest BCUT2D eigenvalue weighted by molar-refractivity contribution is 0.948. The van der Waals surface area contributed by atoms with Crippen LogP contribution in [-0.2, 0) is 6.42 Å². The van der Waals surface area contributed by atoms with E-state index in [1.54, 1.807) is 0 Å². The minimum absolute atomic E-state index is 1.08. The van der Waals surface area contributed by atoms with E-state index in [-0.39, 0.29) is 0 Å².